The van der Waals surface area contributed by atoms with Crippen molar-refractivity contribution >= 4 is 17.2 Å². The first-order valence-corrected chi connectivity index (χ1v) is 6.54. The van der Waals surface area contributed by atoms with E-state index in [0.29, 0.717) is 23.1 Å². The molecule has 23 heavy (non-hydrogen) atoms. The summed E-state index contributed by atoms with van der Waals surface area (Å²) in [6, 6.07) is 9.58. The number of carbonyl (C=O) groups excluding carboxylic acids is 1. The molecular formula is C16H13F3N2O2. The van der Waals surface area contributed by atoms with Crippen molar-refractivity contribution in [2.75, 3.05) is 12.4 Å². The number of benzene rings is 1. The molecule has 0 aliphatic carbocycles. The average molecular weight is 322 g/mol. The van der Waals surface area contributed by atoms with Crippen molar-refractivity contribution in [2.24, 2.45) is 0 Å². The molecule has 1 aromatic heterocycles. The van der Waals surface area contributed by atoms with Crippen LogP contribution in [-0.2, 0) is 4.79 Å². The minimum absolute atomic E-state index is 0.0277. The lowest BCUT2D eigenvalue weighted by Gasteiger charge is -2.12. The maximum Gasteiger partial charge on any atom is 0.454 e. The zero-order valence-corrected chi connectivity index (χ0v) is 12.1. The van der Waals surface area contributed by atoms with Crippen LogP contribution in [0.2, 0.25) is 0 Å². The number of nitrogens with zero attached hydrogens (tertiary/aromatic N) is 1. The van der Waals surface area contributed by atoms with E-state index in [1.54, 1.807) is 24.3 Å². The van der Waals surface area contributed by atoms with Crippen molar-refractivity contribution < 1.29 is 22.7 Å². The molecule has 0 amide bonds. The minimum atomic E-state index is -4.93. The van der Waals surface area contributed by atoms with Gasteiger partial charge in [-0.15, -0.1) is 0 Å². The van der Waals surface area contributed by atoms with E-state index in [4.69, 9.17) is 4.74 Å². The molecule has 1 heterocycles. The second kappa shape index (κ2) is 6.95. The molecule has 0 unspecified atom stereocenters. The molecule has 1 N–H and O–H groups in total. The molecule has 0 saturated heterocycles. The highest BCUT2D eigenvalue weighted by molar-refractivity contribution is 6.02. The number of nitrogens with one attached hydrogen (secondary N) is 1. The van der Waals surface area contributed by atoms with E-state index in [1.165, 1.54) is 31.6 Å². The number of ketones is 1. The lowest BCUT2D eigenvalue weighted by molar-refractivity contribution is -0.165. The summed E-state index contributed by atoms with van der Waals surface area (Å²) in [5.41, 5.74) is 0.956. The van der Waals surface area contributed by atoms with Crippen LogP contribution in [0.1, 0.15) is 5.56 Å². The summed E-state index contributed by atoms with van der Waals surface area (Å²) in [5, 5.41) is 2.81. The van der Waals surface area contributed by atoms with E-state index in [-0.39, 0.29) is 5.70 Å². The van der Waals surface area contributed by atoms with Gasteiger partial charge in [-0.05, 0) is 36.4 Å². The molecule has 0 aliphatic rings. The highest BCUT2D eigenvalue weighted by Crippen LogP contribution is 2.23. The SMILES string of the molecule is COc1ccc(N/C(=C\C(=O)C(F)(F)F)c2ccncc2)cc1. The number of pyridine rings is 1. The van der Waals surface area contributed by atoms with E-state index < -0.39 is 12.0 Å². The number of hydrogen-bond acceptors (Lipinski definition) is 4. The Morgan fingerprint density at radius 1 is 1.13 bits per heavy atom. The Bertz CT molecular complexity index is 696. The van der Waals surface area contributed by atoms with Gasteiger partial charge in [0.05, 0.1) is 7.11 Å². The van der Waals surface area contributed by atoms with Crippen LogP contribution in [0.4, 0.5) is 18.9 Å². The van der Waals surface area contributed by atoms with E-state index in [9.17, 15) is 18.0 Å². The number of rotatable bonds is 5. The fraction of sp³-hybridized carbons (Fsp3) is 0.125. The van der Waals surface area contributed by atoms with Crippen molar-refractivity contribution in [2.45, 2.75) is 6.18 Å². The van der Waals surface area contributed by atoms with Crippen molar-refractivity contribution in [3.05, 3.63) is 60.4 Å². The zero-order chi connectivity index (χ0) is 16.9. The predicted molar refractivity (Wildman–Crippen MR) is 79.9 cm³/mol. The number of halogens is 3. The van der Waals surface area contributed by atoms with E-state index in [1.807, 2.05) is 0 Å². The van der Waals surface area contributed by atoms with Gasteiger partial charge in [0, 0.05) is 35.4 Å². The van der Waals surface area contributed by atoms with Crippen LogP contribution in [0.3, 0.4) is 0 Å². The van der Waals surface area contributed by atoms with Crippen molar-refractivity contribution in [3.63, 3.8) is 0 Å². The highest BCUT2D eigenvalue weighted by atomic mass is 19.4. The number of ether oxygens (including phenoxy) is 1. The summed E-state index contributed by atoms with van der Waals surface area (Å²) in [5.74, 6) is -1.33. The van der Waals surface area contributed by atoms with Gasteiger partial charge in [0.15, 0.2) is 0 Å². The average Bonchev–Trinajstić information content (AvgIpc) is 2.55. The summed E-state index contributed by atoms with van der Waals surface area (Å²) in [7, 11) is 1.51. The summed E-state index contributed by atoms with van der Waals surface area (Å²) in [6.07, 6.45) is -1.55. The van der Waals surface area contributed by atoms with Gasteiger partial charge < -0.3 is 10.1 Å². The van der Waals surface area contributed by atoms with Gasteiger partial charge in [0.1, 0.15) is 5.75 Å². The van der Waals surface area contributed by atoms with Crippen LogP contribution >= 0.6 is 0 Å². The maximum atomic E-state index is 12.5. The van der Waals surface area contributed by atoms with Gasteiger partial charge in [0.25, 0.3) is 5.78 Å². The lowest BCUT2D eigenvalue weighted by Crippen LogP contribution is -2.21. The van der Waals surface area contributed by atoms with Crippen molar-refractivity contribution in [3.8, 4) is 5.75 Å². The third kappa shape index (κ3) is 4.57. The van der Waals surface area contributed by atoms with Gasteiger partial charge in [-0.25, -0.2) is 0 Å². The number of aromatic nitrogens is 1. The largest absolute Gasteiger partial charge is 0.497 e. The van der Waals surface area contributed by atoms with Crippen molar-refractivity contribution in [1.82, 2.24) is 4.98 Å². The van der Waals surface area contributed by atoms with Crippen molar-refractivity contribution in [1.29, 1.82) is 0 Å². The third-order valence-electron chi connectivity index (χ3n) is 2.92. The van der Waals surface area contributed by atoms with E-state index in [2.05, 4.69) is 10.3 Å². The van der Waals surface area contributed by atoms with Gasteiger partial charge in [-0.1, -0.05) is 0 Å². The second-order valence-electron chi connectivity index (χ2n) is 4.51. The monoisotopic (exact) mass is 322 g/mol. The third-order valence-corrected chi connectivity index (χ3v) is 2.92. The Hall–Kier alpha value is -2.83. The van der Waals surface area contributed by atoms with E-state index >= 15 is 0 Å². The predicted octanol–water partition coefficient (Wildman–Crippen LogP) is 3.67. The maximum absolute atomic E-state index is 12.5. The topological polar surface area (TPSA) is 51.2 Å². The molecule has 7 heteroatoms. The summed E-state index contributed by atoms with van der Waals surface area (Å²) in [4.78, 5) is 15.1. The molecule has 0 fully saturated rings. The molecule has 1 aromatic carbocycles. The first-order valence-electron chi connectivity index (χ1n) is 6.54. The molecule has 120 valence electrons. The zero-order valence-electron chi connectivity index (χ0n) is 12.1. The van der Waals surface area contributed by atoms with Gasteiger partial charge in [-0.2, -0.15) is 13.2 Å². The number of anilines is 1. The first-order chi connectivity index (χ1) is 10.9. The van der Waals surface area contributed by atoms with Crippen LogP contribution in [-0.4, -0.2) is 24.1 Å². The Labute approximate surface area is 130 Å². The second-order valence-corrected chi connectivity index (χ2v) is 4.51. The molecule has 4 nitrogen and oxygen atoms in total. The standard InChI is InChI=1S/C16H13F3N2O2/c1-23-13-4-2-12(3-5-13)21-14(10-15(22)16(17,18)19)11-6-8-20-9-7-11/h2-10,21H,1H3/b14-10-. The molecule has 2 aromatic rings. The number of methoxy groups -OCH3 is 1. The molecule has 0 radical (unpaired) electrons. The highest BCUT2D eigenvalue weighted by Gasteiger charge is 2.36. The van der Waals surface area contributed by atoms with E-state index in [0.717, 1.165) is 0 Å². The van der Waals surface area contributed by atoms with Crippen LogP contribution in [0.15, 0.2) is 54.9 Å². The lowest BCUT2D eigenvalue weighted by atomic mass is 10.1. The fourth-order valence-corrected chi connectivity index (χ4v) is 1.77. The van der Waals surface area contributed by atoms with Crippen LogP contribution < -0.4 is 10.1 Å². The molecule has 0 atom stereocenters. The molecule has 0 aliphatic heterocycles. The first kappa shape index (κ1) is 16.5. The van der Waals surface area contributed by atoms with Gasteiger partial charge >= 0.3 is 6.18 Å². The van der Waals surface area contributed by atoms with Crippen LogP contribution in [0, 0.1) is 0 Å². The summed E-state index contributed by atoms with van der Waals surface area (Å²) < 4.78 is 42.6. The Kier molecular flexibility index (Phi) is 5.00. The summed E-state index contributed by atoms with van der Waals surface area (Å²) in [6.45, 7) is 0. The molecule has 0 saturated carbocycles. The number of carbonyl (C=O) groups is 1. The smallest absolute Gasteiger partial charge is 0.454 e. The molecule has 2 rings (SSSR count). The van der Waals surface area contributed by atoms with Gasteiger partial charge in [0.2, 0.25) is 0 Å². The Morgan fingerprint density at radius 3 is 2.26 bits per heavy atom. The minimum Gasteiger partial charge on any atom is -0.497 e. The number of alkyl halides is 3. The Morgan fingerprint density at radius 2 is 1.74 bits per heavy atom. The van der Waals surface area contributed by atoms with Gasteiger partial charge in [-0.3, -0.25) is 9.78 Å². The fourth-order valence-electron chi connectivity index (χ4n) is 1.77. The van der Waals surface area contributed by atoms with Crippen LogP contribution in [0.5, 0.6) is 5.75 Å². The number of allylic oxidation sites excluding steroid dienone is 1. The molecular weight excluding hydrogens is 309 g/mol. The normalized spacial score (nSPS) is 11.9. The quantitative estimate of drug-likeness (QED) is 0.853. The molecule has 0 spiro atoms. The Balaban J connectivity index is 2.33. The summed E-state index contributed by atoms with van der Waals surface area (Å²) >= 11 is 0. The number of hydrogen-bond donors (Lipinski definition) is 1. The molecule has 0 bridgehead atoms. The van der Waals surface area contributed by atoms with Crippen LogP contribution in [0.25, 0.3) is 5.70 Å².